The third-order valence-electron chi connectivity index (χ3n) is 5.32. The Hall–Kier alpha value is -2.40. The standard InChI is InChI=1S/C21H26N2O3/c1-23(13-14-24)20(26)10-12-21(11-9-19(25)22-21)15-17-7-4-6-16-5-2-3-8-18(16)17/h2-8,24H,9-15H2,1H3,(H,22,25)/t21-/m1/s1. The van der Waals surface area contributed by atoms with Crippen molar-refractivity contribution in [3.63, 3.8) is 0 Å². The molecule has 1 aliphatic rings. The molecule has 0 aromatic heterocycles. The van der Waals surface area contributed by atoms with Crippen LogP contribution in [-0.2, 0) is 16.0 Å². The molecule has 5 heteroatoms. The van der Waals surface area contributed by atoms with Crippen molar-refractivity contribution < 1.29 is 14.7 Å². The van der Waals surface area contributed by atoms with E-state index in [0.717, 1.165) is 12.8 Å². The van der Waals surface area contributed by atoms with Crippen molar-refractivity contribution >= 4 is 22.6 Å². The number of benzene rings is 2. The van der Waals surface area contributed by atoms with Crippen LogP contribution in [0.1, 0.15) is 31.2 Å². The average molecular weight is 354 g/mol. The van der Waals surface area contributed by atoms with E-state index in [1.807, 2.05) is 18.2 Å². The largest absolute Gasteiger partial charge is 0.395 e. The molecule has 1 heterocycles. The number of hydrogen-bond donors (Lipinski definition) is 2. The van der Waals surface area contributed by atoms with Crippen molar-refractivity contribution in [2.24, 2.45) is 0 Å². The van der Waals surface area contributed by atoms with Crippen LogP contribution in [0, 0.1) is 0 Å². The molecule has 26 heavy (non-hydrogen) atoms. The van der Waals surface area contributed by atoms with Gasteiger partial charge < -0.3 is 15.3 Å². The first kappa shape index (κ1) is 18.4. The van der Waals surface area contributed by atoms with Gasteiger partial charge in [-0.15, -0.1) is 0 Å². The number of fused-ring (bicyclic) bond motifs is 1. The van der Waals surface area contributed by atoms with E-state index in [-0.39, 0.29) is 24.0 Å². The summed E-state index contributed by atoms with van der Waals surface area (Å²) in [6.45, 7) is 0.293. The summed E-state index contributed by atoms with van der Waals surface area (Å²) in [5.41, 5.74) is 0.818. The van der Waals surface area contributed by atoms with Gasteiger partial charge in [0.15, 0.2) is 0 Å². The number of nitrogens with one attached hydrogen (secondary N) is 1. The summed E-state index contributed by atoms with van der Waals surface area (Å²) < 4.78 is 0. The van der Waals surface area contributed by atoms with E-state index in [2.05, 4.69) is 29.6 Å². The lowest BCUT2D eigenvalue weighted by Gasteiger charge is -2.30. The predicted octanol–water partition coefficient (Wildman–Crippen LogP) is 2.26. The SMILES string of the molecule is CN(CCO)C(=O)CC[C@@]1(Cc2cccc3ccccc23)CCC(=O)N1. The molecule has 0 unspecified atom stereocenters. The highest BCUT2D eigenvalue weighted by molar-refractivity contribution is 5.86. The summed E-state index contributed by atoms with van der Waals surface area (Å²) in [5.74, 6) is 0.0545. The van der Waals surface area contributed by atoms with E-state index in [4.69, 9.17) is 5.11 Å². The third kappa shape index (κ3) is 4.05. The van der Waals surface area contributed by atoms with Gasteiger partial charge in [0.2, 0.25) is 11.8 Å². The fraction of sp³-hybridized carbons (Fsp3) is 0.429. The first-order valence-electron chi connectivity index (χ1n) is 9.15. The van der Waals surface area contributed by atoms with Crippen molar-refractivity contribution in [1.82, 2.24) is 10.2 Å². The van der Waals surface area contributed by atoms with Gasteiger partial charge in [-0.25, -0.2) is 0 Å². The highest BCUT2D eigenvalue weighted by atomic mass is 16.3. The summed E-state index contributed by atoms with van der Waals surface area (Å²) in [6.07, 6.45) is 2.94. The number of rotatable bonds is 7. The maximum Gasteiger partial charge on any atom is 0.222 e. The Morgan fingerprint density at radius 3 is 2.73 bits per heavy atom. The lowest BCUT2D eigenvalue weighted by Crippen LogP contribution is -2.44. The third-order valence-corrected chi connectivity index (χ3v) is 5.32. The Kier molecular flexibility index (Phi) is 5.57. The first-order chi connectivity index (χ1) is 12.5. The molecule has 3 rings (SSSR count). The van der Waals surface area contributed by atoms with Gasteiger partial charge in [-0.3, -0.25) is 9.59 Å². The Balaban J connectivity index is 1.79. The molecule has 1 saturated heterocycles. The lowest BCUT2D eigenvalue weighted by molar-refractivity contribution is -0.131. The van der Waals surface area contributed by atoms with Crippen LogP contribution < -0.4 is 5.32 Å². The molecule has 0 bridgehead atoms. The number of amides is 2. The minimum absolute atomic E-state index is 0.00232. The molecule has 5 nitrogen and oxygen atoms in total. The zero-order chi connectivity index (χ0) is 18.6. The van der Waals surface area contributed by atoms with E-state index >= 15 is 0 Å². The molecular weight excluding hydrogens is 328 g/mol. The number of nitrogens with zero attached hydrogens (tertiary/aromatic N) is 1. The maximum absolute atomic E-state index is 12.3. The van der Waals surface area contributed by atoms with Gasteiger partial charge in [0.05, 0.1) is 6.61 Å². The Bertz CT molecular complexity index is 799. The minimum atomic E-state index is -0.378. The van der Waals surface area contributed by atoms with Crippen molar-refractivity contribution in [3.05, 3.63) is 48.0 Å². The monoisotopic (exact) mass is 354 g/mol. The van der Waals surface area contributed by atoms with Gasteiger partial charge in [-0.2, -0.15) is 0 Å². The second kappa shape index (κ2) is 7.87. The van der Waals surface area contributed by atoms with Crippen LogP contribution >= 0.6 is 0 Å². The summed E-state index contributed by atoms with van der Waals surface area (Å²) in [7, 11) is 1.70. The molecule has 0 aliphatic carbocycles. The molecule has 0 spiro atoms. The Labute approximate surface area is 154 Å². The minimum Gasteiger partial charge on any atom is -0.395 e. The molecule has 2 N–H and O–H groups in total. The molecule has 0 radical (unpaired) electrons. The highest BCUT2D eigenvalue weighted by Crippen LogP contribution is 2.32. The van der Waals surface area contributed by atoms with Gasteiger partial charge in [0.1, 0.15) is 0 Å². The van der Waals surface area contributed by atoms with Gasteiger partial charge in [0, 0.05) is 32.0 Å². The molecule has 1 atom stereocenters. The lowest BCUT2D eigenvalue weighted by atomic mass is 9.83. The van der Waals surface area contributed by atoms with Gasteiger partial charge in [-0.05, 0) is 35.6 Å². The van der Waals surface area contributed by atoms with Crippen molar-refractivity contribution in [2.75, 3.05) is 20.2 Å². The summed E-state index contributed by atoms with van der Waals surface area (Å²) in [5, 5.41) is 14.5. The topological polar surface area (TPSA) is 69.6 Å². The fourth-order valence-corrected chi connectivity index (χ4v) is 3.81. The number of carbonyl (C=O) groups excluding carboxylic acids is 2. The number of aliphatic hydroxyl groups is 1. The van der Waals surface area contributed by atoms with Crippen LogP contribution in [0.3, 0.4) is 0 Å². The molecule has 1 fully saturated rings. The molecular formula is C21H26N2O3. The number of carbonyl (C=O) groups is 2. The normalized spacial score (nSPS) is 19.5. The predicted molar refractivity (Wildman–Crippen MR) is 102 cm³/mol. The molecule has 138 valence electrons. The van der Waals surface area contributed by atoms with E-state index in [0.29, 0.717) is 25.8 Å². The number of aliphatic hydroxyl groups excluding tert-OH is 1. The molecule has 0 saturated carbocycles. The summed E-state index contributed by atoms with van der Waals surface area (Å²) in [4.78, 5) is 25.8. The van der Waals surface area contributed by atoms with Crippen molar-refractivity contribution in [2.45, 2.75) is 37.6 Å². The van der Waals surface area contributed by atoms with Gasteiger partial charge in [0.25, 0.3) is 0 Å². The maximum atomic E-state index is 12.3. The Morgan fingerprint density at radius 1 is 1.23 bits per heavy atom. The van der Waals surface area contributed by atoms with Gasteiger partial charge >= 0.3 is 0 Å². The Morgan fingerprint density at radius 2 is 2.00 bits per heavy atom. The second-order valence-electron chi connectivity index (χ2n) is 7.18. The van der Waals surface area contributed by atoms with E-state index < -0.39 is 0 Å². The second-order valence-corrected chi connectivity index (χ2v) is 7.18. The zero-order valence-electron chi connectivity index (χ0n) is 15.2. The van der Waals surface area contributed by atoms with Crippen molar-refractivity contribution in [3.8, 4) is 0 Å². The molecule has 2 amide bonds. The van der Waals surface area contributed by atoms with Crippen LogP contribution in [0.4, 0.5) is 0 Å². The van der Waals surface area contributed by atoms with Crippen LogP contribution in [0.25, 0.3) is 10.8 Å². The fourth-order valence-electron chi connectivity index (χ4n) is 3.81. The molecule has 2 aromatic rings. The first-order valence-corrected chi connectivity index (χ1v) is 9.15. The van der Waals surface area contributed by atoms with E-state index in [1.54, 1.807) is 11.9 Å². The average Bonchev–Trinajstić information content (AvgIpc) is 3.01. The van der Waals surface area contributed by atoms with Gasteiger partial charge in [-0.1, -0.05) is 42.5 Å². The number of likely N-dealkylation sites (N-methyl/N-ethyl adjacent to an activating group) is 1. The van der Waals surface area contributed by atoms with E-state index in [1.165, 1.54) is 16.3 Å². The van der Waals surface area contributed by atoms with E-state index in [9.17, 15) is 9.59 Å². The molecule has 1 aliphatic heterocycles. The van der Waals surface area contributed by atoms with Crippen LogP contribution in [0.2, 0.25) is 0 Å². The van der Waals surface area contributed by atoms with Crippen molar-refractivity contribution in [1.29, 1.82) is 0 Å². The molecule has 2 aromatic carbocycles. The summed E-state index contributed by atoms with van der Waals surface area (Å²) in [6, 6.07) is 14.5. The zero-order valence-corrected chi connectivity index (χ0v) is 15.2. The van der Waals surface area contributed by atoms with Crippen LogP contribution in [-0.4, -0.2) is 47.6 Å². The smallest absolute Gasteiger partial charge is 0.222 e. The summed E-state index contributed by atoms with van der Waals surface area (Å²) >= 11 is 0. The van der Waals surface area contributed by atoms with Crippen LogP contribution in [0.15, 0.2) is 42.5 Å². The number of hydrogen-bond acceptors (Lipinski definition) is 3. The van der Waals surface area contributed by atoms with Crippen LogP contribution in [0.5, 0.6) is 0 Å². The highest BCUT2D eigenvalue weighted by Gasteiger charge is 2.38. The quantitative estimate of drug-likeness (QED) is 0.801.